The molecule has 0 amide bonds. The third kappa shape index (κ3) is 4.05. The van der Waals surface area contributed by atoms with E-state index in [1.807, 2.05) is 11.0 Å². The van der Waals surface area contributed by atoms with E-state index < -0.39 is 20.0 Å². The summed E-state index contributed by atoms with van der Waals surface area (Å²) >= 11 is 0. The minimum atomic E-state index is -3.75. The van der Waals surface area contributed by atoms with Crippen LogP contribution in [0.15, 0.2) is 75.5 Å². The Morgan fingerprint density at radius 2 is 1.53 bits per heavy atom. The van der Waals surface area contributed by atoms with Gasteiger partial charge in [0, 0.05) is 24.7 Å². The Morgan fingerprint density at radius 1 is 0.967 bits per heavy atom. The number of hydrogen-bond donors (Lipinski definition) is 1. The lowest BCUT2D eigenvalue weighted by molar-refractivity contribution is 0.302. The standard InChI is InChI=1S/C21H23N3O4S2/c1-16-20(17-8-4-2-5-9-17)30(27,28)23-21(16)24-14-12-18(13-15-24)22-29(25,26)19-10-6-3-7-11-19/h2-11,18,22H,12-15H2,1H3. The first-order chi connectivity index (χ1) is 14.3. The van der Waals surface area contributed by atoms with Gasteiger partial charge in [0.25, 0.3) is 10.0 Å². The molecule has 1 fully saturated rings. The van der Waals surface area contributed by atoms with Gasteiger partial charge in [-0.2, -0.15) is 8.42 Å². The fraction of sp³-hybridized carbons (Fsp3) is 0.286. The summed E-state index contributed by atoms with van der Waals surface area (Å²) in [6.07, 6.45) is 1.14. The second-order valence-electron chi connectivity index (χ2n) is 7.41. The maximum Gasteiger partial charge on any atom is 0.285 e. The molecule has 7 nitrogen and oxygen atoms in total. The predicted octanol–water partition coefficient (Wildman–Crippen LogP) is 2.60. The molecule has 0 spiro atoms. The number of piperidine rings is 1. The van der Waals surface area contributed by atoms with Crippen molar-refractivity contribution in [3.05, 3.63) is 71.8 Å². The number of nitrogens with zero attached hydrogens (tertiary/aromatic N) is 2. The van der Waals surface area contributed by atoms with Crippen LogP contribution in [0.2, 0.25) is 0 Å². The van der Waals surface area contributed by atoms with Crippen LogP contribution in [0, 0.1) is 0 Å². The quantitative estimate of drug-likeness (QED) is 0.780. The highest BCUT2D eigenvalue weighted by atomic mass is 32.2. The summed E-state index contributed by atoms with van der Waals surface area (Å²) in [5.74, 6) is 0.457. The van der Waals surface area contributed by atoms with E-state index in [9.17, 15) is 16.8 Å². The molecule has 0 unspecified atom stereocenters. The molecule has 1 N–H and O–H groups in total. The molecule has 2 heterocycles. The molecule has 158 valence electrons. The van der Waals surface area contributed by atoms with Gasteiger partial charge in [0.2, 0.25) is 10.0 Å². The summed E-state index contributed by atoms with van der Waals surface area (Å²) in [6, 6.07) is 17.0. The monoisotopic (exact) mass is 445 g/mol. The molecule has 2 aliphatic heterocycles. The average Bonchev–Trinajstić information content (AvgIpc) is 2.98. The molecule has 2 aromatic carbocycles. The molecule has 0 aliphatic carbocycles. The number of amidine groups is 1. The minimum absolute atomic E-state index is 0.206. The molecule has 1 saturated heterocycles. The molecule has 4 rings (SSSR count). The van der Waals surface area contributed by atoms with Gasteiger partial charge in [-0.15, -0.1) is 4.40 Å². The molecule has 0 saturated carbocycles. The van der Waals surface area contributed by atoms with Crippen molar-refractivity contribution in [2.24, 2.45) is 4.40 Å². The SMILES string of the molecule is CC1=C(c2ccccc2)S(=O)(=O)N=C1N1CCC(NS(=O)(=O)c2ccccc2)CC1. The number of nitrogens with one attached hydrogen (secondary N) is 1. The van der Waals surface area contributed by atoms with E-state index in [1.54, 1.807) is 61.5 Å². The summed E-state index contributed by atoms with van der Waals surface area (Å²) < 4.78 is 57.2. The Balaban J connectivity index is 1.48. The first-order valence-corrected chi connectivity index (χ1v) is 12.6. The molecule has 9 heteroatoms. The summed E-state index contributed by atoms with van der Waals surface area (Å²) in [5.41, 5.74) is 1.25. The molecule has 0 radical (unpaired) electrons. The Labute approximate surface area is 177 Å². The van der Waals surface area contributed by atoms with Crippen molar-refractivity contribution in [3.8, 4) is 0 Å². The third-order valence-electron chi connectivity index (χ3n) is 5.35. The van der Waals surface area contributed by atoms with E-state index in [0.717, 1.165) is 0 Å². The Kier molecular flexibility index (Phi) is 5.52. The molecular weight excluding hydrogens is 422 g/mol. The maximum atomic E-state index is 12.7. The van der Waals surface area contributed by atoms with Crippen molar-refractivity contribution in [2.45, 2.75) is 30.7 Å². The van der Waals surface area contributed by atoms with Crippen LogP contribution in [0.5, 0.6) is 0 Å². The fourth-order valence-corrected chi connectivity index (χ4v) is 6.68. The van der Waals surface area contributed by atoms with E-state index in [4.69, 9.17) is 0 Å². The Bertz CT molecular complexity index is 1200. The van der Waals surface area contributed by atoms with E-state index in [0.29, 0.717) is 42.9 Å². The van der Waals surface area contributed by atoms with E-state index >= 15 is 0 Å². The van der Waals surface area contributed by atoms with Gasteiger partial charge >= 0.3 is 0 Å². The van der Waals surface area contributed by atoms with Gasteiger partial charge in [0.05, 0.1) is 4.90 Å². The zero-order chi connectivity index (χ0) is 21.4. The highest BCUT2D eigenvalue weighted by Crippen LogP contribution is 2.34. The van der Waals surface area contributed by atoms with Gasteiger partial charge in [0.15, 0.2) is 0 Å². The van der Waals surface area contributed by atoms with Crippen molar-refractivity contribution in [2.75, 3.05) is 13.1 Å². The van der Waals surface area contributed by atoms with Gasteiger partial charge in [-0.05, 0) is 37.5 Å². The van der Waals surface area contributed by atoms with E-state index in [1.165, 1.54) is 0 Å². The van der Waals surface area contributed by atoms with E-state index in [-0.39, 0.29) is 15.8 Å². The van der Waals surface area contributed by atoms with Crippen LogP contribution >= 0.6 is 0 Å². The predicted molar refractivity (Wildman–Crippen MR) is 117 cm³/mol. The van der Waals surface area contributed by atoms with Crippen molar-refractivity contribution < 1.29 is 16.8 Å². The van der Waals surface area contributed by atoms with Crippen molar-refractivity contribution >= 4 is 30.8 Å². The van der Waals surface area contributed by atoms with Crippen molar-refractivity contribution in [1.82, 2.24) is 9.62 Å². The van der Waals surface area contributed by atoms with E-state index in [2.05, 4.69) is 9.12 Å². The van der Waals surface area contributed by atoms with Crippen LogP contribution in [0.3, 0.4) is 0 Å². The summed E-state index contributed by atoms with van der Waals surface area (Å²) in [6.45, 7) is 2.82. The molecule has 30 heavy (non-hydrogen) atoms. The van der Waals surface area contributed by atoms with Gasteiger partial charge in [-0.1, -0.05) is 48.5 Å². The number of benzene rings is 2. The normalized spacial score (nSPS) is 19.8. The summed E-state index contributed by atoms with van der Waals surface area (Å²) in [4.78, 5) is 2.41. The summed E-state index contributed by atoms with van der Waals surface area (Å²) in [5, 5.41) is 0. The van der Waals surface area contributed by atoms with Gasteiger partial charge in [-0.25, -0.2) is 13.1 Å². The van der Waals surface area contributed by atoms with Crippen molar-refractivity contribution in [1.29, 1.82) is 0 Å². The maximum absolute atomic E-state index is 12.7. The summed E-state index contributed by atoms with van der Waals surface area (Å²) in [7, 11) is -7.33. The average molecular weight is 446 g/mol. The third-order valence-corrected chi connectivity index (χ3v) is 8.35. The Morgan fingerprint density at radius 3 is 2.13 bits per heavy atom. The topological polar surface area (TPSA) is 95.9 Å². The van der Waals surface area contributed by atoms with Gasteiger partial charge in [-0.3, -0.25) is 0 Å². The first kappa shape index (κ1) is 20.8. The molecular formula is C21H23N3O4S2. The minimum Gasteiger partial charge on any atom is -0.356 e. The molecule has 2 aromatic rings. The van der Waals surface area contributed by atoms with Crippen LogP contribution in [-0.2, 0) is 20.0 Å². The number of rotatable bonds is 4. The van der Waals surface area contributed by atoms with Crippen LogP contribution in [0.1, 0.15) is 25.3 Å². The highest BCUT2D eigenvalue weighted by molar-refractivity contribution is 8.00. The van der Waals surface area contributed by atoms with Gasteiger partial charge < -0.3 is 4.90 Å². The van der Waals surface area contributed by atoms with Crippen LogP contribution in [-0.4, -0.2) is 46.7 Å². The smallest absolute Gasteiger partial charge is 0.285 e. The number of sulfonamides is 2. The van der Waals surface area contributed by atoms with Crippen LogP contribution in [0.25, 0.3) is 4.91 Å². The lowest BCUT2D eigenvalue weighted by Gasteiger charge is -2.33. The first-order valence-electron chi connectivity index (χ1n) is 9.72. The van der Waals surface area contributed by atoms with Gasteiger partial charge in [0.1, 0.15) is 10.7 Å². The lowest BCUT2D eigenvalue weighted by Crippen LogP contribution is -2.46. The fourth-order valence-electron chi connectivity index (χ4n) is 3.87. The zero-order valence-corrected chi connectivity index (χ0v) is 18.2. The second-order valence-corrected chi connectivity index (χ2v) is 10.7. The van der Waals surface area contributed by atoms with Crippen LogP contribution in [0.4, 0.5) is 0 Å². The second kappa shape index (κ2) is 7.98. The zero-order valence-electron chi connectivity index (χ0n) is 16.5. The number of hydrogen-bond acceptors (Lipinski definition) is 5. The molecule has 2 aliphatic rings. The van der Waals surface area contributed by atoms with Crippen molar-refractivity contribution in [3.63, 3.8) is 0 Å². The Hall–Kier alpha value is -2.49. The molecule has 0 atom stereocenters. The molecule has 0 bridgehead atoms. The molecule has 0 aromatic heterocycles. The lowest BCUT2D eigenvalue weighted by atomic mass is 10.0. The number of likely N-dealkylation sites (tertiary alicyclic amines) is 1. The largest absolute Gasteiger partial charge is 0.356 e. The van der Waals surface area contributed by atoms with Crippen LogP contribution < -0.4 is 4.72 Å². The highest BCUT2D eigenvalue weighted by Gasteiger charge is 2.35.